The zero-order valence-corrected chi connectivity index (χ0v) is 12.3. The van der Waals surface area contributed by atoms with E-state index in [1.807, 2.05) is 0 Å². The molecule has 1 aromatic heterocycles. The summed E-state index contributed by atoms with van der Waals surface area (Å²) in [5.41, 5.74) is -0.266. The van der Waals surface area contributed by atoms with Gasteiger partial charge in [0.25, 0.3) is 0 Å². The number of fused-ring (bicyclic) bond motifs is 1. The molecule has 1 aliphatic heterocycles. The number of sulfone groups is 1. The van der Waals surface area contributed by atoms with Crippen molar-refractivity contribution in [1.29, 1.82) is 0 Å². The van der Waals surface area contributed by atoms with Crippen molar-refractivity contribution < 1.29 is 34.0 Å². The van der Waals surface area contributed by atoms with E-state index in [-0.39, 0.29) is 14.6 Å². The molecular formula is C10H15NO7S2. The third kappa shape index (κ3) is 2.55. The zero-order valence-electron chi connectivity index (χ0n) is 10.7. The van der Waals surface area contributed by atoms with Gasteiger partial charge in [0.1, 0.15) is 15.7 Å². The molecule has 20 heavy (non-hydrogen) atoms. The maximum atomic E-state index is 12.0. The maximum Gasteiger partial charge on any atom is 0.220 e. The fraction of sp³-hybridized carbons (Fsp3) is 0.600. The fourth-order valence-corrected chi connectivity index (χ4v) is 5.41. The van der Waals surface area contributed by atoms with E-state index in [9.17, 15) is 34.0 Å². The zero-order chi connectivity index (χ0) is 15.5. The SMILES string of the molecule is Cc1sc2c(c1O)C(NC(C)(O)O)C(O)(O)CS2(=O)=O. The van der Waals surface area contributed by atoms with Crippen LogP contribution in [0.1, 0.15) is 23.4 Å². The average molecular weight is 325 g/mol. The van der Waals surface area contributed by atoms with Crippen LogP contribution < -0.4 is 5.32 Å². The first kappa shape index (κ1) is 15.6. The molecule has 2 rings (SSSR count). The Labute approximate surface area is 118 Å². The Morgan fingerprint density at radius 1 is 1.40 bits per heavy atom. The van der Waals surface area contributed by atoms with E-state index in [0.717, 1.165) is 18.3 Å². The summed E-state index contributed by atoms with van der Waals surface area (Å²) < 4.78 is 23.8. The number of thiophene rings is 1. The smallest absolute Gasteiger partial charge is 0.220 e. The Balaban J connectivity index is 2.68. The van der Waals surface area contributed by atoms with Gasteiger partial charge < -0.3 is 25.5 Å². The van der Waals surface area contributed by atoms with Crippen molar-refractivity contribution in [2.45, 2.75) is 35.8 Å². The molecule has 2 heterocycles. The maximum absolute atomic E-state index is 12.0. The van der Waals surface area contributed by atoms with E-state index in [4.69, 9.17) is 0 Å². The predicted octanol–water partition coefficient (Wildman–Crippen LogP) is -1.48. The first-order valence-electron chi connectivity index (χ1n) is 5.57. The summed E-state index contributed by atoms with van der Waals surface area (Å²) in [4.78, 5) is 0.278. The number of aromatic hydroxyl groups is 1. The fourth-order valence-electron chi connectivity index (χ4n) is 2.14. The van der Waals surface area contributed by atoms with Crippen LogP contribution in [-0.4, -0.2) is 51.4 Å². The van der Waals surface area contributed by atoms with Crippen LogP contribution in [0.15, 0.2) is 4.21 Å². The highest BCUT2D eigenvalue weighted by molar-refractivity contribution is 7.93. The quantitative estimate of drug-likeness (QED) is 0.361. The molecule has 0 saturated heterocycles. The molecule has 8 nitrogen and oxygen atoms in total. The third-order valence-corrected chi connectivity index (χ3v) is 6.41. The highest BCUT2D eigenvalue weighted by Gasteiger charge is 2.51. The lowest BCUT2D eigenvalue weighted by atomic mass is 10.00. The lowest BCUT2D eigenvalue weighted by Crippen LogP contribution is -2.57. The molecular weight excluding hydrogens is 310 g/mol. The molecule has 0 aromatic carbocycles. The van der Waals surface area contributed by atoms with Crippen LogP contribution in [0.3, 0.4) is 0 Å². The monoisotopic (exact) mass is 325 g/mol. The Morgan fingerprint density at radius 2 is 1.95 bits per heavy atom. The number of hydrogen-bond acceptors (Lipinski definition) is 9. The number of hydrogen-bond donors (Lipinski definition) is 6. The van der Waals surface area contributed by atoms with Gasteiger partial charge in [-0.1, -0.05) is 0 Å². The Hall–Kier alpha value is -0.750. The van der Waals surface area contributed by atoms with Crippen LogP contribution in [0.25, 0.3) is 0 Å². The Bertz CT molecular complexity index is 641. The topological polar surface area (TPSA) is 147 Å². The summed E-state index contributed by atoms with van der Waals surface area (Å²) in [5, 5.41) is 50.5. The second-order valence-electron chi connectivity index (χ2n) is 4.94. The van der Waals surface area contributed by atoms with E-state index in [2.05, 4.69) is 5.32 Å². The van der Waals surface area contributed by atoms with E-state index in [1.54, 1.807) is 0 Å². The van der Waals surface area contributed by atoms with Gasteiger partial charge in [-0.05, 0) is 6.92 Å². The molecule has 6 N–H and O–H groups in total. The molecule has 0 amide bonds. The molecule has 1 atom stereocenters. The summed E-state index contributed by atoms with van der Waals surface area (Å²) >= 11 is 0.791. The van der Waals surface area contributed by atoms with Gasteiger partial charge in [0.05, 0.1) is 6.04 Å². The van der Waals surface area contributed by atoms with Crippen LogP contribution in [0, 0.1) is 6.92 Å². The van der Waals surface area contributed by atoms with Crippen LogP contribution >= 0.6 is 11.3 Å². The van der Waals surface area contributed by atoms with Gasteiger partial charge in [-0.25, -0.2) is 8.42 Å². The summed E-state index contributed by atoms with van der Waals surface area (Å²) in [6.45, 7) is 2.40. The van der Waals surface area contributed by atoms with Crippen molar-refractivity contribution in [1.82, 2.24) is 5.32 Å². The van der Waals surface area contributed by atoms with Crippen molar-refractivity contribution >= 4 is 21.2 Å². The van der Waals surface area contributed by atoms with Gasteiger partial charge in [0, 0.05) is 17.4 Å². The van der Waals surface area contributed by atoms with Crippen LogP contribution in [0.5, 0.6) is 5.75 Å². The normalized spacial score (nSPS) is 24.4. The average Bonchev–Trinajstić information content (AvgIpc) is 2.49. The largest absolute Gasteiger partial charge is 0.506 e. The highest BCUT2D eigenvalue weighted by atomic mass is 32.2. The van der Waals surface area contributed by atoms with Crippen molar-refractivity contribution in [2.75, 3.05) is 5.75 Å². The van der Waals surface area contributed by atoms with Gasteiger partial charge in [0.15, 0.2) is 15.6 Å². The van der Waals surface area contributed by atoms with Crippen molar-refractivity contribution in [2.24, 2.45) is 0 Å². The highest BCUT2D eigenvalue weighted by Crippen LogP contribution is 2.48. The van der Waals surface area contributed by atoms with E-state index in [0.29, 0.717) is 0 Å². The first-order valence-corrected chi connectivity index (χ1v) is 8.04. The molecule has 0 saturated carbocycles. The Morgan fingerprint density at radius 3 is 2.45 bits per heavy atom. The summed E-state index contributed by atoms with van der Waals surface area (Å²) in [5.74, 6) is -6.70. The molecule has 114 valence electrons. The molecule has 0 fully saturated rings. The van der Waals surface area contributed by atoms with E-state index >= 15 is 0 Å². The lowest BCUT2D eigenvalue weighted by molar-refractivity contribution is -0.226. The minimum atomic E-state index is -3.98. The van der Waals surface area contributed by atoms with Crippen LogP contribution in [0.4, 0.5) is 0 Å². The minimum absolute atomic E-state index is 0.215. The minimum Gasteiger partial charge on any atom is -0.506 e. The molecule has 0 spiro atoms. The van der Waals surface area contributed by atoms with Crippen LogP contribution in [-0.2, 0) is 9.84 Å². The molecule has 0 aliphatic carbocycles. The van der Waals surface area contributed by atoms with Crippen molar-refractivity contribution in [3.8, 4) is 5.75 Å². The summed E-state index contributed by atoms with van der Waals surface area (Å²) in [7, 11) is -3.98. The second kappa shape index (κ2) is 4.37. The molecule has 1 aliphatic rings. The van der Waals surface area contributed by atoms with Crippen LogP contribution in [0.2, 0.25) is 0 Å². The molecule has 10 heteroatoms. The number of nitrogens with one attached hydrogen (secondary N) is 1. The van der Waals surface area contributed by atoms with E-state index in [1.165, 1.54) is 6.92 Å². The predicted molar refractivity (Wildman–Crippen MR) is 68.7 cm³/mol. The molecule has 0 bridgehead atoms. The summed E-state index contributed by atoms with van der Waals surface area (Å²) in [6.07, 6.45) is 0. The van der Waals surface area contributed by atoms with Gasteiger partial charge >= 0.3 is 0 Å². The van der Waals surface area contributed by atoms with Gasteiger partial charge in [-0.15, -0.1) is 11.3 Å². The molecule has 1 aromatic rings. The number of rotatable bonds is 2. The lowest BCUT2D eigenvalue weighted by Gasteiger charge is -2.38. The molecule has 0 radical (unpaired) electrons. The standard InChI is InChI=1S/C10H15NO7S2/c1-4-6(12)5-7(11-9(2,13)14)10(15,16)3-20(17,18)8(5)19-4/h7,11-16H,3H2,1-2H3. The second-order valence-corrected chi connectivity index (χ2v) is 8.35. The third-order valence-electron chi connectivity index (χ3n) is 2.91. The molecule has 1 unspecified atom stereocenters. The van der Waals surface area contributed by atoms with Gasteiger partial charge in [-0.3, -0.25) is 5.32 Å². The van der Waals surface area contributed by atoms with Crippen molar-refractivity contribution in [3.63, 3.8) is 0 Å². The summed E-state index contributed by atoms with van der Waals surface area (Å²) in [6, 6.07) is -1.56. The Kier molecular flexibility index (Phi) is 3.42. The van der Waals surface area contributed by atoms with Gasteiger partial charge in [0.2, 0.25) is 5.91 Å². The van der Waals surface area contributed by atoms with Crippen molar-refractivity contribution in [3.05, 3.63) is 10.4 Å². The number of aryl methyl sites for hydroxylation is 1. The van der Waals surface area contributed by atoms with Gasteiger partial charge in [-0.2, -0.15) is 0 Å². The first-order chi connectivity index (χ1) is 8.85. The van der Waals surface area contributed by atoms with E-state index < -0.39 is 39.1 Å². The number of aliphatic hydroxyl groups is 4.